The number of hydrogen-bond acceptors (Lipinski definition) is 7. The second-order valence-corrected chi connectivity index (χ2v) is 7.61. The van der Waals surface area contributed by atoms with Crippen LogP contribution in [0.5, 0.6) is 5.75 Å². The van der Waals surface area contributed by atoms with Gasteiger partial charge in [0.15, 0.2) is 5.69 Å². The van der Waals surface area contributed by atoms with Crippen LogP contribution in [0.15, 0.2) is 47.0 Å². The van der Waals surface area contributed by atoms with Crippen LogP contribution in [0.2, 0.25) is 0 Å². The summed E-state index contributed by atoms with van der Waals surface area (Å²) in [7, 11) is 0. The van der Waals surface area contributed by atoms with E-state index in [0.29, 0.717) is 37.2 Å². The molecule has 8 heteroatoms. The van der Waals surface area contributed by atoms with Gasteiger partial charge in [-0.05, 0) is 44.0 Å². The van der Waals surface area contributed by atoms with Crippen molar-refractivity contribution in [2.45, 2.75) is 40.0 Å². The number of aryl methyl sites for hydroxylation is 2. The van der Waals surface area contributed by atoms with Gasteiger partial charge in [-0.3, -0.25) is 0 Å². The lowest BCUT2D eigenvalue weighted by Crippen LogP contribution is -2.22. The molecule has 0 bridgehead atoms. The summed E-state index contributed by atoms with van der Waals surface area (Å²) in [5.41, 5.74) is 5.82. The maximum Gasteiger partial charge on any atom is 0.280 e. The van der Waals surface area contributed by atoms with Crippen molar-refractivity contribution in [1.82, 2.24) is 25.1 Å². The van der Waals surface area contributed by atoms with E-state index in [1.54, 1.807) is 0 Å². The number of aromatic nitrogens is 5. The zero-order chi connectivity index (χ0) is 21.4. The molecule has 0 amide bonds. The first-order chi connectivity index (χ1) is 15.1. The number of nitrogens with zero attached hydrogens (tertiary/aromatic N) is 5. The number of ether oxygens (including phenoxy) is 2. The average molecular weight is 417 g/mol. The van der Waals surface area contributed by atoms with Crippen LogP contribution < -0.4 is 4.74 Å². The van der Waals surface area contributed by atoms with Crippen LogP contribution in [0.4, 0.5) is 0 Å². The van der Waals surface area contributed by atoms with Gasteiger partial charge in [0.25, 0.3) is 5.89 Å². The highest BCUT2D eigenvalue weighted by molar-refractivity contribution is 5.60. The Labute approximate surface area is 179 Å². The fourth-order valence-corrected chi connectivity index (χ4v) is 3.88. The van der Waals surface area contributed by atoms with Crippen molar-refractivity contribution in [3.8, 4) is 28.7 Å². The highest BCUT2D eigenvalue weighted by Gasteiger charge is 2.28. The maximum absolute atomic E-state index is 6.16. The van der Waals surface area contributed by atoms with Gasteiger partial charge in [-0.25, -0.2) is 4.68 Å². The van der Waals surface area contributed by atoms with E-state index in [2.05, 4.69) is 52.5 Å². The molecule has 2 aromatic heterocycles. The van der Waals surface area contributed by atoms with E-state index >= 15 is 0 Å². The lowest BCUT2D eigenvalue weighted by atomic mass is 10.0. The van der Waals surface area contributed by atoms with Crippen LogP contribution in [0.25, 0.3) is 23.0 Å². The summed E-state index contributed by atoms with van der Waals surface area (Å²) in [5.74, 6) is 1.56. The van der Waals surface area contributed by atoms with E-state index in [4.69, 9.17) is 14.0 Å². The van der Waals surface area contributed by atoms with Gasteiger partial charge in [-0.2, -0.15) is 4.98 Å². The Balaban J connectivity index is 1.40. The first kappa shape index (κ1) is 19.4. The summed E-state index contributed by atoms with van der Waals surface area (Å²) >= 11 is 0. The summed E-state index contributed by atoms with van der Waals surface area (Å²) in [6, 6.07) is 14.0. The molecule has 5 rings (SSSR count). The van der Waals surface area contributed by atoms with E-state index in [1.165, 1.54) is 16.7 Å². The molecular weight excluding hydrogens is 394 g/mol. The predicted octanol–water partition coefficient (Wildman–Crippen LogP) is 4.28. The third-order valence-corrected chi connectivity index (χ3v) is 5.40. The Hall–Kier alpha value is -3.52. The number of fused-ring (bicyclic) bond motifs is 1. The van der Waals surface area contributed by atoms with Crippen LogP contribution >= 0.6 is 0 Å². The molecule has 0 saturated heterocycles. The molecule has 158 valence electrons. The third-order valence-electron chi connectivity index (χ3n) is 5.40. The normalized spacial score (nSPS) is 15.6. The zero-order valence-electron chi connectivity index (χ0n) is 17.7. The number of hydrogen-bond donors (Lipinski definition) is 0. The summed E-state index contributed by atoms with van der Waals surface area (Å²) in [5, 5.41) is 12.7. The Morgan fingerprint density at radius 2 is 2.06 bits per heavy atom. The minimum absolute atomic E-state index is 0.0674. The molecule has 8 nitrogen and oxygen atoms in total. The van der Waals surface area contributed by atoms with Gasteiger partial charge < -0.3 is 14.0 Å². The largest absolute Gasteiger partial charge is 0.494 e. The first-order valence-corrected chi connectivity index (χ1v) is 10.3. The monoisotopic (exact) mass is 417 g/mol. The molecule has 4 aromatic rings. The lowest BCUT2D eigenvalue weighted by Gasteiger charge is -2.25. The third kappa shape index (κ3) is 3.70. The molecule has 0 saturated carbocycles. The number of rotatable bonds is 5. The molecule has 0 unspecified atom stereocenters. The average Bonchev–Trinajstić information content (AvgIpc) is 3.41. The smallest absolute Gasteiger partial charge is 0.280 e. The molecule has 0 radical (unpaired) electrons. The topological polar surface area (TPSA) is 88.1 Å². The van der Waals surface area contributed by atoms with Crippen molar-refractivity contribution in [3.63, 3.8) is 0 Å². The highest BCUT2D eigenvalue weighted by Crippen LogP contribution is 2.32. The summed E-state index contributed by atoms with van der Waals surface area (Å²) < 4.78 is 19.1. The quantitative estimate of drug-likeness (QED) is 0.479. The van der Waals surface area contributed by atoms with E-state index in [-0.39, 0.29) is 6.10 Å². The van der Waals surface area contributed by atoms with Crippen molar-refractivity contribution < 1.29 is 14.0 Å². The summed E-state index contributed by atoms with van der Waals surface area (Å²) in [4.78, 5) is 4.53. The number of benzene rings is 2. The predicted molar refractivity (Wildman–Crippen MR) is 113 cm³/mol. The molecule has 1 aliphatic heterocycles. The molecular formula is C23H23N5O3. The van der Waals surface area contributed by atoms with Crippen LogP contribution in [-0.4, -0.2) is 31.7 Å². The molecule has 31 heavy (non-hydrogen) atoms. The Kier molecular flexibility index (Phi) is 4.99. The molecule has 0 aliphatic carbocycles. The van der Waals surface area contributed by atoms with E-state index in [1.807, 2.05) is 35.9 Å². The van der Waals surface area contributed by atoms with Gasteiger partial charge in [0, 0.05) is 5.56 Å². The first-order valence-electron chi connectivity index (χ1n) is 10.3. The minimum Gasteiger partial charge on any atom is -0.494 e. The van der Waals surface area contributed by atoms with E-state index in [9.17, 15) is 0 Å². The molecule has 0 N–H and O–H groups in total. The summed E-state index contributed by atoms with van der Waals surface area (Å²) in [6.07, 6.45) is -0.0674. The van der Waals surface area contributed by atoms with Crippen molar-refractivity contribution in [2.75, 3.05) is 6.61 Å². The van der Waals surface area contributed by atoms with E-state index in [0.717, 1.165) is 17.0 Å². The van der Waals surface area contributed by atoms with E-state index < -0.39 is 0 Å². The van der Waals surface area contributed by atoms with Crippen LogP contribution in [0.1, 0.15) is 35.4 Å². The van der Waals surface area contributed by atoms with Crippen LogP contribution in [-0.2, 0) is 17.9 Å². The molecule has 1 atom stereocenters. The highest BCUT2D eigenvalue weighted by atomic mass is 16.5. The zero-order valence-corrected chi connectivity index (χ0v) is 17.7. The Morgan fingerprint density at radius 3 is 2.90 bits per heavy atom. The molecule has 3 heterocycles. The molecule has 0 spiro atoms. The maximum atomic E-state index is 6.16. The SMILES string of the molecule is CCOc1cccc(-c2noc(-c3nnn4c3CO[C@@H](c3ccc(C)cc3C)C4)n2)c1. The van der Waals surface area contributed by atoms with Gasteiger partial charge in [0.05, 0.1) is 25.5 Å². The van der Waals surface area contributed by atoms with Gasteiger partial charge in [-0.15, -0.1) is 5.10 Å². The molecule has 2 aromatic carbocycles. The van der Waals surface area contributed by atoms with Crippen molar-refractivity contribution in [3.05, 3.63) is 64.8 Å². The molecule has 0 fully saturated rings. The summed E-state index contributed by atoms with van der Waals surface area (Å²) in [6.45, 7) is 7.69. The van der Waals surface area contributed by atoms with Gasteiger partial charge >= 0.3 is 0 Å². The Morgan fingerprint density at radius 1 is 1.16 bits per heavy atom. The van der Waals surface area contributed by atoms with Crippen molar-refractivity contribution in [1.29, 1.82) is 0 Å². The van der Waals surface area contributed by atoms with Gasteiger partial charge in [0.1, 0.15) is 11.9 Å². The van der Waals surface area contributed by atoms with Gasteiger partial charge in [-0.1, -0.05) is 46.3 Å². The fourth-order valence-electron chi connectivity index (χ4n) is 3.88. The van der Waals surface area contributed by atoms with Crippen molar-refractivity contribution >= 4 is 0 Å². The Bertz CT molecular complexity index is 1230. The van der Waals surface area contributed by atoms with Crippen LogP contribution in [0, 0.1) is 13.8 Å². The molecule has 1 aliphatic rings. The van der Waals surface area contributed by atoms with Crippen LogP contribution in [0.3, 0.4) is 0 Å². The minimum atomic E-state index is -0.0674. The van der Waals surface area contributed by atoms with Gasteiger partial charge in [0.2, 0.25) is 5.82 Å². The lowest BCUT2D eigenvalue weighted by molar-refractivity contribution is -0.00153. The second kappa shape index (κ2) is 7.96. The standard InChI is InChI=1S/C23H23N5O3/c1-4-29-17-7-5-6-16(11-17)22-24-23(31-26-22)21-19-13-30-20(12-28(19)27-25-21)18-9-8-14(2)10-15(18)3/h5-11,20H,4,12-13H2,1-3H3/t20-/m1/s1. The fraction of sp³-hybridized carbons (Fsp3) is 0.304. The van der Waals surface area contributed by atoms with Crippen molar-refractivity contribution in [2.24, 2.45) is 0 Å². The second-order valence-electron chi connectivity index (χ2n) is 7.61.